The third kappa shape index (κ3) is 9.94. The molecule has 0 aliphatic heterocycles. The molecule has 1 heterocycles. The predicted molar refractivity (Wildman–Crippen MR) is 160 cm³/mol. The summed E-state index contributed by atoms with van der Waals surface area (Å²) in [7, 11) is 0. The van der Waals surface area contributed by atoms with E-state index in [0.29, 0.717) is 11.1 Å². The Morgan fingerprint density at radius 3 is 1.93 bits per heavy atom. The quantitative estimate of drug-likeness (QED) is 0.0976. The van der Waals surface area contributed by atoms with Gasteiger partial charge in [0.25, 0.3) is 0 Å². The lowest BCUT2D eigenvalue weighted by Gasteiger charge is -2.25. The summed E-state index contributed by atoms with van der Waals surface area (Å²) in [5.74, 6) is -5.02. The van der Waals surface area contributed by atoms with Crippen molar-refractivity contribution in [3.63, 3.8) is 0 Å². The van der Waals surface area contributed by atoms with Crippen LogP contribution in [0.5, 0.6) is 0 Å². The van der Waals surface area contributed by atoms with Gasteiger partial charge in [-0.2, -0.15) is 0 Å². The Hall–Kier alpha value is -5.24. The summed E-state index contributed by atoms with van der Waals surface area (Å²) in [5, 5.41) is 18.3. The molecule has 1 aromatic heterocycles. The number of carbonyl (C=O) groups is 6. The van der Waals surface area contributed by atoms with Gasteiger partial charge in [-0.1, -0.05) is 48.5 Å². The van der Waals surface area contributed by atoms with Gasteiger partial charge in [0.15, 0.2) is 0 Å². The lowest BCUT2D eigenvalue weighted by Crippen LogP contribution is -2.58. The van der Waals surface area contributed by atoms with Crippen LogP contribution >= 0.6 is 0 Å². The first-order valence-electron chi connectivity index (χ1n) is 14.0. The first-order valence-corrected chi connectivity index (χ1v) is 14.0. The van der Waals surface area contributed by atoms with E-state index < -0.39 is 59.7 Å². The summed E-state index contributed by atoms with van der Waals surface area (Å²) in [5.41, 5.74) is 18.4. The van der Waals surface area contributed by atoms with Gasteiger partial charge in [0.2, 0.25) is 29.5 Å². The largest absolute Gasteiger partial charge is 0.480 e. The van der Waals surface area contributed by atoms with E-state index in [2.05, 4.69) is 20.9 Å². The van der Waals surface area contributed by atoms with Crippen molar-refractivity contribution in [2.24, 2.45) is 17.2 Å². The van der Waals surface area contributed by atoms with E-state index >= 15 is 0 Å². The maximum Gasteiger partial charge on any atom is 0.326 e. The van der Waals surface area contributed by atoms with Crippen molar-refractivity contribution < 1.29 is 33.9 Å². The zero-order chi connectivity index (χ0) is 32.2. The third-order valence-electron chi connectivity index (χ3n) is 6.98. The zero-order valence-electron chi connectivity index (χ0n) is 24.0. The van der Waals surface area contributed by atoms with Crippen LogP contribution in [0.2, 0.25) is 0 Å². The molecular formula is C30H37N7O7. The number of aromatic amines is 1. The van der Waals surface area contributed by atoms with E-state index in [1.165, 1.54) is 0 Å². The highest BCUT2D eigenvalue weighted by Crippen LogP contribution is 2.19. The molecule has 234 valence electrons. The molecule has 14 nitrogen and oxygen atoms in total. The van der Waals surface area contributed by atoms with Gasteiger partial charge in [0, 0.05) is 42.8 Å². The number of aliphatic carboxylic acids is 1. The van der Waals surface area contributed by atoms with Crippen LogP contribution < -0.4 is 33.2 Å². The van der Waals surface area contributed by atoms with Gasteiger partial charge in [-0.15, -0.1) is 0 Å². The Bertz CT molecular complexity index is 1490. The molecule has 2 aromatic carbocycles. The lowest BCUT2D eigenvalue weighted by atomic mass is 10.0. The van der Waals surface area contributed by atoms with Gasteiger partial charge in [-0.3, -0.25) is 24.0 Å². The predicted octanol–water partition coefficient (Wildman–Crippen LogP) is -0.650. The van der Waals surface area contributed by atoms with Crippen LogP contribution in [-0.2, 0) is 41.6 Å². The Labute approximate surface area is 253 Å². The minimum Gasteiger partial charge on any atom is -0.480 e. The fourth-order valence-corrected chi connectivity index (χ4v) is 4.59. The normalized spacial score (nSPS) is 13.7. The number of hydrogen-bond acceptors (Lipinski definition) is 7. The second-order valence-electron chi connectivity index (χ2n) is 10.4. The topological polar surface area (TPSA) is 253 Å². The number of hydrogen-bond donors (Lipinski definition) is 8. The molecule has 0 radical (unpaired) electrons. The molecule has 4 atom stereocenters. The zero-order valence-corrected chi connectivity index (χ0v) is 24.0. The average molecular weight is 608 g/mol. The van der Waals surface area contributed by atoms with Gasteiger partial charge in [-0.05, 0) is 30.0 Å². The SMILES string of the molecule is NC(=O)CCC(N)C(=O)NC(CCC(N)=O)C(=O)NC(Cc1ccccc1)C(=O)NC(Cc1c[nH]c2ccccc12)C(=O)O. The van der Waals surface area contributed by atoms with Gasteiger partial charge in [0.1, 0.15) is 18.1 Å². The number of H-pyrrole nitrogens is 1. The summed E-state index contributed by atoms with van der Waals surface area (Å²) in [6.45, 7) is 0. The van der Waals surface area contributed by atoms with Crippen LogP contribution in [0, 0.1) is 0 Å². The number of para-hydroxylation sites is 1. The summed E-state index contributed by atoms with van der Waals surface area (Å²) in [6, 6.07) is 11.0. The second-order valence-corrected chi connectivity index (χ2v) is 10.4. The number of carbonyl (C=O) groups excluding carboxylic acids is 5. The molecule has 11 N–H and O–H groups in total. The average Bonchev–Trinajstić information content (AvgIpc) is 3.40. The number of primary amides is 2. The van der Waals surface area contributed by atoms with Crippen molar-refractivity contribution in [1.82, 2.24) is 20.9 Å². The van der Waals surface area contributed by atoms with Crippen LogP contribution in [-0.4, -0.2) is 69.8 Å². The molecule has 5 amide bonds. The van der Waals surface area contributed by atoms with E-state index in [1.54, 1.807) is 36.5 Å². The summed E-state index contributed by atoms with van der Waals surface area (Å²) in [4.78, 5) is 77.4. The minimum atomic E-state index is -1.33. The third-order valence-corrected chi connectivity index (χ3v) is 6.98. The number of amides is 5. The smallest absolute Gasteiger partial charge is 0.326 e. The van der Waals surface area contributed by atoms with Gasteiger partial charge in [-0.25, -0.2) is 4.79 Å². The summed E-state index contributed by atoms with van der Waals surface area (Å²) >= 11 is 0. The van der Waals surface area contributed by atoms with Crippen molar-refractivity contribution in [2.75, 3.05) is 0 Å². The van der Waals surface area contributed by atoms with Crippen LogP contribution in [0.4, 0.5) is 0 Å². The molecule has 0 saturated carbocycles. The molecule has 0 saturated heterocycles. The highest BCUT2D eigenvalue weighted by molar-refractivity contribution is 5.95. The van der Waals surface area contributed by atoms with E-state index in [4.69, 9.17) is 17.2 Å². The highest BCUT2D eigenvalue weighted by Gasteiger charge is 2.31. The first kappa shape index (κ1) is 33.3. The van der Waals surface area contributed by atoms with E-state index in [1.807, 2.05) is 24.3 Å². The Balaban J connectivity index is 1.80. The number of carboxylic acid groups (broad SMARTS) is 1. The fourth-order valence-electron chi connectivity index (χ4n) is 4.59. The standard InChI is InChI=1S/C30H37N7O7/c31-20(10-12-25(32)38)27(40)35-22(11-13-26(33)39)28(41)36-23(14-17-6-2-1-3-7-17)29(42)37-24(30(43)44)15-18-16-34-21-9-5-4-8-19(18)21/h1-9,16,20,22-24,34H,10-15,31H2,(H2,32,38)(H2,33,39)(H,35,40)(H,36,41)(H,37,42)(H,43,44). The molecule has 4 unspecified atom stereocenters. The Morgan fingerprint density at radius 1 is 0.705 bits per heavy atom. The molecule has 14 heteroatoms. The number of benzene rings is 2. The van der Waals surface area contributed by atoms with Crippen molar-refractivity contribution in [3.05, 3.63) is 71.9 Å². The molecular weight excluding hydrogens is 570 g/mol. The number of nitrogens with two attached hydrogens (primary N) is 3. The maximum absolute atomic E-state index is 13.5. The Kier molecular flexibility index (Phi) is 12.0. The van der Waals surface area contributed by atoms with Crippen molar-refractivity contribution in [2.45, 2.75) is 62.7 Å². The molecule has 0 fully saturated rings. The number of nitrogens with one attached hydrogen (secondary N) is 4. The Morgan fingerprint density at radius 2 is 1.27 bits per heavy atom. The lowest BCUT2D eigenvalue weighted by molar-refractivity contribution is -0.142. The van der Waals surface area contributed by atoms with E-state index in [-0.39, 0.29) is 38.5 Å². The van der Waals surface area contributed by atoms with Crippen LogP contribution in [0.15, 0.2) is 60.8 Å². The van der Waals surface area contributed by atoms with E-state index in [0.717, 1.165) is 10.9 Å². The van der Waals surface area contributed by atoms with Gasteiger partial charge in [0.05, 0.1) is 6.04 Å². The number of aromatic nitrogens is 1. The number of carboxylic acids is 1. The number of rotatable bonds is 17. The minimum absolute atomic E-state index is 0.00749. The van der Waals surface area contributed by atoms with Crippen molar-refractivity contribution >= 4 is 46.4 Å². The molecule has 3 rings (SSSR count). The van der Waals surface area contributed by atoms with Crippen LogP contribution in [0.1, 0.15) is 36.8 Å². The molecule has 0 bridgehead atoms. The van der Waals surface area contributed by atoms with Gasteiger partial charge < -0.3 is 43.2 Å². The fraction of sp³-hybridized carbons (Fsp3) is 0.333. The second kappa shape index (κ2) is 15.8. The van der Waals surface area contributed by atoms with Crippen LogP contribution in [0.25, 0.3) is 10.9 Å². The van der Waals surface area contributed by atoms with E-state index in [9.17, 15) is 33.9 Å². The first-order chi connectivity index (χ1) is 20.9. The molecule has 0 aliphatic carbocycles. The number of fused-ring (bicyclic) bond motifs is 1. The summed E-state index contributed by atoms with van der Waals surface area (Å²) < 4.78 is 0. The molecule has 44 heavy (non-hydrogen) atoms. The van der Waals surface area contributed by atoms with Crippen LogP contribution in [0.3, 0.4) is 0 Å². The van der Waals surface area contributed by atoms with Gasteiger partial charge >= 0.3 is 5.97 Å². The highest BCUT2D eigenvalue weighted by atomic mass is 16.4. The monoisotopic (exact) mass is 607 g/mol. The molecule has 0 spiro atoms. The molecule has 3 aromatic rings. The summed E-state index contributed by atoms with van der Waals surface area (Å²) in [6.07, 6.45) is 0.941. The molecule has 0 aliphatic rings. The maximum atomic E-state index is 13.5. The van der Waals surface area contributed by atoms with Crippen molar-refractivity contribution in [3.8, 4) is 0 Å². The van der Waals surface area contributed by atoms with Crippen molar-refractivity contribution in [1.29, 1.82) is 0 Å².